The van der Waals surface area contributed by atoms with Crippen molar-refractivity contribution in [3.8, 4) is 5.75 Å². The van der Waals surface area contributed by atoms with E-state index in [2.05, 4.69) is 12.2 Å². The molecule has 0 radical (unpaired) electrons. The number of hydrogen-bond donors (Lipinski definition) is 1. The van der Waals surface area contributed by atoms with Crippen molar-refractivity contribution in [2.45, 2.75) is 39.2 Å². The van der Waals surface area contributed by atoms with E-state index in [0.29, 0.717) is 0 Å². The Morgan fingerprint density at radius 3 is 3.06 bits per heavy atom. The topological polar surface area (TPSA) is 21.3 Å². The second kappa shape index (κ2) is 6.27. The van der Waals surface area contributed by atoms with Gasteiger partial charge in [0.2, 0.25) is 0 Å². The van der Waals surface area contributed by atoms with Crippen LogP contribution in [-0.2, 0) is 13.0 Å². The molecule has 0 spiro atoms. The van der Waals surface area contributed by atoms with E-state index in [1.807, 2.05) is 12.1 Å². The maximum Gasteiger partial charge on any atom is 0.127 e. The molecule has 1 N–H and O–H groups in total. The van der Waals surface area contributed by atoms with Gasteiger partial charge < -0.3 is 10.1 Å². The number of hydrogen-bond acceptors (Lipinski definition) is 2. The molecule has 0 atom stereocenters. The highest BCUT2D eigenvalue weighted by atomic mass is 35.5. The zero-order chi connectivity index (χ0) is 12.1. The third-order valence-electron chi connectivity index (χ3n) is 3.10. The number of benzene rings is 1. The molecular weight excluding hydrogens is 234 g/mol. The molecule has 0 bridgehead atoms. The summed E-state index contributed by atoms with van der Waals surface area (Å²) in [6, 6.07) is 4.03. The van der Waals surface area contributed by atoms with Gasteiger partial charge in [-0.3, -0.25) is 0 Å². The van der Waals surface area contributed by atoms with Gasteiger partial charge in [0, 0.05) is 23.6 Å². The van der Waals surface area contributed by atoms with Crippen molar-refractivity contribution in [3.63, 3.8) is 0 Å². The lowest BCUT2D eigenvalue weighted by Gasteiger charge is -2.10. The van der Waals surface area contributed by atoms with E-state index >= 15 is 0 Å². The monoisotopic (exact) mass is 253 g/mol. The number of unbranched alkanes of at least 4 members (excludes halogenated alkanes) is 2. The first kappa shape index (κ1) is 12.7. The summed E-state index contributed by atoms with van der Waals surface area (Å²) in [5, 5.41) is 4.27. The van der Waals surface area contributed by atoms with E-state index in [-0.39, 0.29) is 0 Å². The zero-order valence-electron chi connectivity index (χ0n) is 10.4. The van der Waals surface area contributed by atoms with Gasteiger partial charge in [-0.25, -0.2) is 0 Å². The minimum atomic E-state index is 0.790. The van der Waals surface area contributed by atoms with Gasteiger partial charge in [-0.1, -0.05) is 31.4 Å². The average molecular weight is 254 g/mol. The molecular formula is C14H20ClNO. The third-order valence-corrected chi connectivity index (χ3v) is 3.32. The number of fused-ring (bicyclic) bond motifs is 1. The Morgan fingerprint density at radius 2 is 2.24 bits per heavy atom. The molecule has 0 fully saturated rings. The first-order chi connectivity index (χ1) is 8.31. The highest BCUT2D eigenvalue weighted by Crippen LogP contribution is 2.32. The SMILES string of the molecule is CCCCCNCc1cc(Cl)cc2c1OCC2. The fourth-order valence-corrected chi connectivity index (χ4v) is 2.46. The van der Waals surface area contributed by atoms with Crippen LogP contribution in [0.1, 0.15) is 37.3 Å². The van der Waals surface area contributed by atoms with Crippen molar-refractivity contribution in [3.05, 3.63) is 28.3 Å². The molecule has 2 rings (SSSR count). The van der Waals surface area contributed by atoms with Crippen molar-refractivity contribution in [1.82, 2.24) is 5.32 Å². The van der Waals surface area contributed by atoms with Crippen LogP contribution < -0.4 is 10.1 Å². The van der Waals surface area contributed by atoms with Crippen LogP contribution in [0, 0.1) is 0 Å². The number of ether oxygens (including phenoxy) is 1. The normalized spacial score (nSPS) is 13.5. The summed E-state index contributed by atoms with van der Waals surface area (Å²) >= 11 is 6.11. The van der Waals surface area contributed by atoms with Gasteiger partial charge in [0.1, 0.15) is 5.75 Å². The largest absolute Gasteiger partial charge is 0.493 e. The van der Waals surface area contributed by atoms with Crippen molar-refractivity contribution in [1.29, 1.82) is 0 Å². The number of halogens is 1. The van der Waals surface area contributed by atoms with Crippen LogP contribution in [0.2, 0.25) is 5.02 Å². The Kier molecular flexibility index (Phi) is 4.69. The Labute approximate surface area is 108 Å². The quantitative estimate of drug-likeness (QED) is 0.783. The number of rotatable bonds is 6. The molecule has 0 saturated carbocycles. The fourth-order valence-electron chi connectivity index (χ4n) is 2.20. The predicted octanol–water partition coefficient (Wildman–Crippen LogP) is 3.55. The van der Waals surface area contributed by atoms with Crippen molar-refractivity contribution in [2.24, 2.45) is 0 Å². The summed E-state index contributed by atoms with van der Waals surface area (Å²) < 4.78 is 5.66. The Bertz CT molecular complexity index is 379. The molecule has 0 amide bonds. The maximum absolute atomic E-state index is 6.11. The average Bonchev–Trinajstić information content (AvgIpc) is 2.76. The second-order valence-electron chi connectivity index (χ2n) is 4.54. The molecule has 1 aromatic rings. The Hall–Kier alpha value is -0.730. The van der Waals surface area contributed by atoms with Crippen LogP contribution in [0.5, 0.6) is 5.75 Å². The van der Waals surface area contributed by atoms with Crippen LogP contribution >= 0.6 is 11.6 Å². The lowest BCUT2D eigenvalue weighted by Crippen LogP contribution is -2.15. The van der Waals surface area contributed by atoms with E-state index in [9.17, 15) is 0 Å². The van der Waals surface area contributed by atoms with Crippen LogP contribution in [0.25, 0.3) is 0 Å². The van der Waals surface area contributed by atoms with Crippen molar-refractivity contribution >= 4 is 11.6 Å². The molecule has 0 saturated heterocycles. The fraction of sp³-hybridized carbons (Fsp3) is 0.571. The number of nitrogens with one attached hydrogen (secondary N) is 1. The summed E-state index contributed by atoms with van der Waals surface area (Å²) in [7, 11) is 0. The van der Waals surface area contributed by atoms with E-state index in [1.165, 1.54) is 30.4 Å². The standard InChI is InChI=1S/C14H20ClNO/c1-2-3-4-6-16-10-12-9-13(15)8-11-5-7-17-14(11)12/h8-9,16H,2-7,10H2,1H3. The molecule has 1 aliphatic rings. The molecule has 3 heteroatoms. The van der Waals surface area contributed by atoms with E-state index in [4.69, 9.17) is 16.3 Å². The lowest BCUT2D eigenvalue weighted by atomic mass is 10.1. The van der Waals surface area contributed by atoms with Gasteiger partial charge in [0.05, 0.1) is 6.61 Å². The van der Waals surface area contributed by atoms with Crippen LogP contribution in [0.15, 0.2) is 12.1 Å². The first-order valence-electron chi connectivity index (χ1n) is 6.46. The second-order valence-corrected chi connectivity index (χ2v) is 4.97. The lowest BCUT2D eigenvalue weighted by molar-refractivity contribution is 0.352. The highest BCUT2D eigenvalue weighted by Gasteiger charge is 2.16. The highest BCUT2D eigenvalue weighted by molar-refractivity contribution is 6.30. The minimum Gasteiger partial charge on any atom is -0.493 e. The molecule has 1 heterocycles. The van der Waals surface area contributed by atoms with Gasteiger partial charge in [0.25, 0.3) is 0 Å². The molecule has 2 nitrogen and oxygen atoms in total. The van der Waals surface area contributed by atoms with Gasteiger partial charge in [0.15, 0.2) is 0 Å². The van der Waals surface area contributed by atoms with Crippen LogP contribution in [0.3, 0.4) is 0 Å². The summed E-state index contributed by atoms with van der Waals surface area (Å²) in [5.74, 6) is 1.05. The molecule has 0 aromatic heterocycles. The Balaban J connectivity index is 1.92. The van der Waals surface area contributed by atoms with E-state index in [0.717, 1.165) is 36.9 Å². The maximum atomic E-state index is 6.11. The summed E-state index contributed by atoms with van der Waals surface area (Å²) in [6.07, 6.45) is 4.77. The van der Waals surface area contributed by atoms with Gasteiger partial charge >= 0.3 is 0 Å². The van der Waals surface area contributed by atoms with E-state index < -0.39 is 0 Å². The summed E-state index contributed by atoms with van der Waals surface area (Å²) in [6.45, 7) is 4.93. The van der Waals surface area contributed by atoms with Gasteiger partial charge in [-0.2, -0.15) is 0 Å². The molecule has 94 valence electrons. The van der Waals surface area contributed by atoms with Crippen molar-refractivity contribution < 1.29 is 4.74 Å². The molecule has 17 heavy (non-hydrogen) atoms. The third kappa shape index (κ3) is 3.36. The molecule has 1 aromatic carbocycles. The first-order valence-corrected chi connectivity index (χ1v) is 6.84. The van der Waals surface area contributed by atoms with E-state index in [1.54, 1.807) is 0 Å². The summed E-state index contributed by atoms with van der Waals surface area (Å²) in [4.78, 5) is 0. The smallest absolute Gasteiger partial charge is 0.127 e. The molecule has 1 aliphatic heterocycles. The van der Waals surface area contributed by atoms with Crippen LogP contribution in [0.4, 0.5) is 0 Å². The predicted molar refractivity (Wildman–Crippen MR) is 71.9 cm³/mol. The Morgan fingerprint density at radius 1 is 1.35 bits per heavy atom. The zero-order valence-corrected chi connectivity index (χ0v) is 11.1. The van der Waals surface area contributed by atoms with Gasteiger partial charge in [-0.05, 0) is 30.7 Å². The van der Waals surface area contributed by atoms with Gasteiger partial charge in [-0.15, -0.1) is 0 Å². The van der Waals surface area contributed by atoms with Crippen LogP contribution in [-0.4, -0.2) is 13.2 Å². The minimum absolute atomic E-state index is 0.790. The van der Waals surface area contributed by atoms with Crippen molar-refractivity contribution in [2.75, 3.05) is 13.2 Å². The molecule has 0 unspecified atom stereocenters. The molecule has 0 aliphatic carbocycles. The summed E-state index contributed by atoms with van der Waals surface area (Å²) in [5.41, 5.74) is 2.45.